The van der Waals surface area contributed by atoms with Gasteiger partial charge in [0.2, 0.25) is 0 Å². The highest BCUT2D eigenvalue weighted by molar-refractivity contribution is 8.02. The lowest BCUT2D eigenvalue weighted by Crippen LogP contribution is -2.23. The van der Waals surface area contributed by atoms with Crippen molar-refractivity contribution < 1.29 is 4.79 Å². The third-order valence-electron chi connectivity index (χ3n) is 3.70. The maximum Gasteiger partial charge on any atom is 0.279 e. The molecule has 4 rings (SSSR count). The number of pyridine rings is 1. The first-order valence-electron chi connectivity index (χ1n) is 7.06. The zero-order valence-corrected chi connectivity index (χ0v) is 16.0. The Hall–Kier alpha value is -1.66. The Bertz CT molecular complexity index is 927. The molecule has 8 heteroatoms. The number of hydrogen-bond donors (Lipinski definition) is 1. The van der Waals surface area contributed by atoms with Crippen LogP contribution in [0.4, 0.5) is 0 Å². The molecule has 0 fully saturated rings. The van der Waals surface area contributed by atoms with Crippen LogP contribution in [-0.2, 0) is 0 Å². The second-order valence-electron chi connectivity index (χ2n) is 5.17. The number of fused-ring (bicyclic) bond motifs is 1. The van der Waals surface area contributed by atoms with Gasteiger partial charge in [-0.3, -0.25) is 14.3 Å². The van der Waals surface area contributed by atoms with Gasteiger partial charge in [0.25, 0.3) is 5.91 Å². The number of aromatic nitrogens is 2. The average molecular weight is 415 g/mol. The maximum absolute atomic E-state index is 12.8. The van der Waals surface area contributed by atoms with Crippen molar-refractivity contribution in [2.75, 3.05) is 0 Å². The third-order valence-corrected chi connectivity index (χ3v) is 4.97. The number of nitrogens with zero attached hydrogens (tertiary/aromatic N) is 2. The standard InChI is InChI=1S/C17H12ClN3OS.2ClH/c18-13-3-4-15-11(8-13)5-7-21(15)17(22)14-10-23-16(20-14)12-2-1-6-19-9-12;;/h1-10,16,20H;2*1H. The summed E-state index contributed by atoms with van der Waals surface area (Å²) in [6.45, 7) is 0. The quantitative estimate of drug-likeness (QED) is 0.637. The first-order valence-corrected chi connectivity index (χ1v) is 8.38. The Morgan fingerprint density at radius 3 is 2.84 bits per heavy atom. The second-order valence-corrected chi connectivity index (χ2v) is 6.59. The van der Waals surface area contributed by atoms with E-state index in [-0.39, 0.29) is 36.1 Å². The van der Waals surface area contributed by atoms with Crippen LogP contribution in [0.1, 0.15) is 15.7 Å². The molecule has 3 aromatic rings. The normalized spacial score (nSPS) is 15.7. The number of benzene rings is 1. The number of rotatable bonds is 2. The molecule has 3 heterocycles. The van der Waals surface area contributed by atoms with Crippen LogP contribution in [0.15, 0.2) is 66.1 Å². The van der Waals surface area contributed by atoms with E-state index in [1.807, 2.05) is 35.7 Å². The summed E-state index contributed by atoms with van der Waals surface area (Å²) in [4.78, 5) is 16.9. The topological polar surface area (TPSA) is 46.9 Å². The number of hydrogen-bond acceptors (Lipinski definition) is 4. The van der Waals surface area contributed by atoms with Gasteiger partial charge >= 0.3 is 0 Å². The monoisotopic (exact) mass is 413 g/mol. The van der Waals surface area contributed by atoms with E-state index in [1.54, 1.807) is 41.0 Å². The first kappa shape index (κ1) is 19.7. The number of carbonyl (C=O) groups is 1. The zero-order chi connectivity index (χ0) is 15.8. The molecule has 1 aromatic carbocycles. The Morgan fingerprint density at radius 1 is 1.24 bits per heavy atom. The van der Waals surface area contributed by atoms with Crippen molar-refractivity contribution in [1.82, 2.24) is 14.9 Å². The molecule has 1 aliphatic rings. The molecule has 2 aromatic heterocycles. The highest BCUT2D eigenvalue weighted by Crippen LogP contribution is 2.34. The number of nitrogens with one attached hydrogen (secondary N) is 1. The summed E-state index contributed by atoms with van der Waals surface area (Å²) >= 11 is 7.56. The predicted octanol–water partition coefficient (Wildman–Crippen LogP) is 5.05. The maximum atomic E-state index is 12.8. The second kappa shape index (κ2) is 8.15. The fraction of sp³-hybridized carbons (Fsp3) is 0.0588. The van der Waals surface area contributed by atoms with E-state index in [0.717, 1.165) is 16.5 Å². The Labute approximate surface area is 166 Å². The fourth-order valence-corrected chi connectivity index (χ4v) is 3.68. The molecule has 0 radical (unpaired) electrons. The van der Waals surface area contributed by atoms with Gasteiger partial charge < -0.3 is 5.32 Å². The molecular formula is C17H14Cl3N3OS. The number of halogens is 3. The molecule has 0 aliphatic carbocycles. The van der Waals surface area contributed by atoms with Crippen molar-refractivity contribution in [2.45, 2.75) is 5.37 Å². The Balaban J connectivity index is 0.00000113. The summed E-state index contributed by atoms with van der Waals surface area (Å²) in [7, 11) is 0. The molecular weight excluding hydrogens is 401 g/mol. The molecule has 130 valence electrons. The van der Waals surface area contributed by atoms with Gasteiger partial charge in [0.05, 0.1) is 5.52 Å². The van der Waals surface area contributed by atoms with Gasteiger partial charge in [-0.05, 0) is 30.3 Å². The minimum Gasteiger partial charge on any atom is -0.364 e. The van der Waals surface area contributed by atoms with Crippen LogP contribution in [0.5, 0.6) is 0 Å². The lowest BCUT2D eigenvalue weighted by Gasteiger charge is -2.12. The van der Waals surface area contributed by atoms with E-state index in [4.69, 9.17) is 11.6 Å². The fourth-order valence-electron chi connectivity index (χ4n) is 2.57. The number of thioether (sulfide) groups is 1. The summed E-state index contributed by atoms with van der Waals surface area (Å²) in [5, 5.41) is 6.74. The molecule has 1 aliphatic heterocycles. The van der Waals surface area contributed by atoms with Gasteiger partial charge in [0, 0.05) is 40.0 Å². The van der Waals surface area contributed by atoms with Gasteiger partial charge in [0.15, 0.2) is 0 Å². The van der Waals surface area contributed by atoms with Crippen molar-refractivity contribution in [1.29, 1.82) is 0 Å². The first-order chi connectivity index (χ1) is 11.2. The van der Waals surface area contributed by atoms with E-state index in [2.05, 4.69) is 10.3 Å². The predicted molar refractivity (Wildman–Crippen MR) is 108 cm³/mol. The minimum absolute atomic E-state index is 0. The van der Waals surface area contributed by atoms with Gasteiger partial charge in [-0.1, -0.05) is 17.7 Å². The van der Waals surface area contributed by atoms with Crippen molar-refractivity contribution in [3.8, 4) is 0 Å². The molecule has 1 N–H and O–H groups in total. The van der Waals surface area contributed by atoms with Gasteiger partial charge in [-0.15, -0.1) is 36.6 Å². The zero-order valence-electron chi connectivity index (χ0n) is 12.8. The smallest absolute Gasteiger partial charge is 0.279 e. The highest BCUT2D eigenvalue weighted by Gasteiger charge is 2.24. The summed E-state index contributed by atoms with van der Waals surface area (Å²) in [5.74, 6) is -0.0822. The van der Waals surface area contributed by atoms with E-state index in [0.29, 0.717) is 10.7 Å². The van der Waals surface area contributed by atoms with Crippen LogP contribution in [0.25, 0.3) is 10.9 Å². The van der Waals surface area contributed by atoms with Gasteiger partial charge in [0.1, 0.15) is 11.1 Å². The van der Waals surface area contributed by atoms with Crippen molar-refractivity contribution in [2.24, 2.45) is 0 Å². The molecule has 1 atom stereocenters. The van der Waals surface area contributed by atoms with Crippen LogP contribution in [0.3, 0.4) is 0 Å². The van der Waals surface area contributed by atoms with Crippen molar-refractivity contribution in [3.63, 3.8) is 0 Å². The van der Waals surface area contributed by atoms with Crippen LogP contribution in [0, 0.1) is 0 Å². The van der Waals surface area contributed by atoms with Crippen LogP contribution in [0.2, 0.25) is 5.02 Å². The molecule has 0 amide bonds. The van der Waals surface area contributed by atoms with Crippen molar-refractivity contribution >= 4 is 65.0 Å². The van der Waals surface area contributed by atoms with Crippen LogP contribution in [-0.4, -0.2) is 15.5 Å². The third kappa shape index (κ3) is 3.80. The van der Waals surface area contributed by atoms with Gasteiger partial charge in [-0.25, -0.2) is 0 Å². The molecule has 0 bridgehead atoms. The van der Waals surface area contributed by atoms with E-state index in [1.165, 1.54) is 0 Å². The Kier molecular flexibility index (Phi) is 6.41. The van der Waals surface area contributed by atoms with Gasteiger partial charge in [-0.2, -0.15) is 0 Å². The lowest BCUT2D eigenvalue weighted by atomic mass is 10.2. The molecule has 0 spiro atoms. The van der Waals surface area contributed by atoms with Crippen molar-refractivity contribution in [3.05, 3.63) is 76.7 Å². The molecule has 4 nitrogen and oxygen atoms in total. The summed E-state index contributed by atoms with van der Waals surface area (Å²) in [5.41, 5.74) is 2.47. The molecule has 25 heavy (non-hydrogen) atoms. The van der Waals surface area contributed by atoms with E-state index < -0.39 is 0 Å². The molecule has 1 unspecified atom stereocenters. The van der Waals surface area contributed by atoms with E-state index in [9.17, 15) is 4.79 Å². The summed E-state index contributed by atoms with van der Waals surface area (Å²) < 4.78 is 1.64. The number of allylic oxidation sites excluding steroid dienone is 1. The highest BCUT2D eigenvalue weighted by atomic mass is 35.5. The largest absolute Gasteiger partial charge is 0.364 e. The Morgan fingerprint density at radius 2 is 2.08 bits per heavy atom. The molecule has 0 saturated heterocycles. The average Bonchev–Trinajstić information content (AvgIpc) is 3.22. The SMILES string of the molecule is Cl.Cl.O=C(C1=CSC(c2cccnc2)N1)n1ccc2cc(Cl)ccc21. The summed E-state index contributed by atoms with van der Waals surface area (Å²) in [6.07, 6.45) is 5.31. The minimum atomic E-state index is -0.0822. The molecule has 0 saturated carbocycles. The van der Waals surface area contributed by atoms with E-state index >= 15 is 0 Å². The van der Waals surface area contributed by atoms with Crippen LogP contribution >= 0.6 is 48.2 Å². The summed E-state index contributed by atoms with van der Waals surface area (Å²) in [6, 6.07) is 11.3. The van der Waals surface area contributed by atoms with Crippen LogP contribution < -0.4 is 5.32 Å². The number of carbonyl (C=O) groups excluding carboxylic acids is 1. The lowest BCUT2D eigenvalue weighted by molar-refractivity contribution is 0.0952.